The topological polar surface area (TPSA) is 49.8 Å². The van der Waals surface area contributed by atoms with E-state index >= 15 is 0 Å². The molecule has 0 spiro atoms. The van der Waals surface area contributed by atoms with Gasteiger partial charge in [-0.2, -0.15) is 0 Å². The van der Waals surface area contributed by atoms with Gasteiger partial charge in [0.2, 0.25) is 0 Å². The van der Waals surface area contributed by atoms with Gasteiger partial charge in [-0.25, -0.2) is 4.79 Å². The molecular weight excluding hydrogens is 334 g/mol. The maximum atomic E-state index is 11.5. The third-order valence-electron chi connectivity index (χ3n) is 3.17. The molecule has 0 radical (unpaired) electrons. The number of carbonyl (C=O) groups excluding carboxylic acids is 1. The van der Waals surface area contributed by atoms with Crippen molar-refractivity contribution < 1.29 is 14.6 Å². The van der Waals surface area contributed by atoms with Gasteiger partial charge in [0.1, 0.15) is 5.75 Å². The smallest absolute Gasteiger partial charge is 0.337 e. The van der Waals surface area contributed by atoms with Crippen LogP contribution in [0.2, 0.25) is 0 Å². The van der Waals surface area contributed by atoms with E-state index in [9.17, 15) is 9.90 Å². The van der Waals surface area contributed by atoms with Crippen molar-refractivity contribution in [2.24, 2.45) is 0 Å². The highest BCUT2D eigenvalue weighted by molar-refractivity contribution is 9.10. The van der Waals surface area contributed by atoms with E-state index in [1.165, 1.54) is 7.11 Å². The van der Waals surface area contributed by atoms with Crippen LogP contribution in [0.5, 0.6) is 5.75 Å². The van der Waals surface area contributed by atoms with Gasteiger partial charge in [0.25, 0.3) is 0 Å². The number of esters is 1. The largest absolute Gasteiger partial charge is 0.508 e. The molecule has 0 bridgehead atoms. The average molecular weight is 350 g/mol. The first-order valence-electron chi connectivity index (χ1n) is 6.38. The second-order valence-corrected chi connectivity index (χ2v) is 5.52. The van der Waals surface area contributed by atoms with Crippen LogP contribution in [0.15, 0.2) is 46.9 Å². The van der Waals surface area contributed by atoms with Gasteiger partial charge in [-0.15, -0.1) is 0 Å². The van der Waals surface area contributed by atoms with E-state index in [4.69, 9.17) is 4.74 Å². The van der Waals surface area contributed by atoms with Crippen LogP contribution in [-0.2, 0) is 11.3 Å². The highest BCUT2D eigenvalue weighted by Gasteiger charge is 2.10. The fourth-order valence-electron chi connectivity index (χ4n) is 1.97. The summed E-state index contributed by atoms with van der Waals surface area (Å²) in [6.07, 6.45) is 0. The number of hydrogen-bond acceptors (Lipinski definition) is 4. The summed E-state index contributed by atoms with van der Waals surface area (Å²) in [5.74, 6) is -0.107. The van der Waals surface area contributed by atoms with Crippen molar-refractivity contribution >= 4 is 27.6 Å². The van der Waals surface area contributed by atoms with Crippen LogP contribution in [0.4, 0.5) is 5.69 Å². The summed E-state index contributed by atoms with van der Waals surface area (Å²) in [6, 6.07) is 12.4. The first-order chi connectivity index (χ1) is 10.0. The predicted molar refractivity (Wildman–Crippen MR) is 85.7 cm³/mol. The Morgan fingerprint density at radius 1 is 1.24 bits per heavy atom. The summed E-state index contributed by atoms with van der Waals surface area (Å²) >= 11 is 3.48. The van der Waals surface area contributed by atoms with Crippen LogP contribution in [-0.4, -0.2) is 25.2 Å². The highest BCUT2D eigenvalue weighted by atomic mass is 79.9. The molecule has 2 rings (SSSR count). The summed E-state index contributed by atoms with van der Waals surface area (Å²) in [5.41, 5.74) is 2.57. The summed E-state index contributed by atoms with van der Waals surface area (Å²) in [6.45, 7) is 0.673. The van der Waals surface area contributed by atoms with Crippen LogP contribution < -0.4 is 4.90 Å². The molecule has 0 fully saturated rings. The molecule has 5 heteroatoms. The van der Waals surface area contributed by atoms with Crippen molar-refractivity contribution in [1.29, 1.82) is 0 Å². The molecule has 0 aliphatic heterocycles. The number of phenolic OH excluding ortho intramolecular Hbond substituents is 1. The van der Waals surface area contributed by atoms with E-state index in [0.29, 0.717) is 12.1 Å². The molecule has 0 saturated carbocycles. The Kier molecular flexibility index (Phi) is 4.85. The highest BCUT2D eigenvalue weighted by Crippen LogP contribution is 2.24. The fourth-order valence-corrected chi connectivity index (χ4v) is 2.48. The Morgan fingerprint density at radius 3 is 2.48 bits per heavy atom. The van der Waals surface area contributed by atoms with Gasteiger partial charge in [-0.3, -0.25) is 0 Å². The van der Waals surface area contributed by atoms with Crippen molar-refractivity contribution in [2.75, 3.05) is 19.1 Å². The number of nitrogens with zero attached hydrogens (tertiary/aromatic N) is 1. The number of carbonyl (C=O) groups is 1. The molecule has 1 N–H and O–H groups in total. The quantitative estimate of drug-likeness (QED) is 0.857. The Balaban J connectivity index is 2.15. The molecule has 0 unspecified atom stereocenters. The lowest BCUT2D eigenvalue weighted by atomic mass is 10.1. The average Bonchev–Trinajstić information content (AvgIpc) is 2.49. The number of benzene rings is 2. The van der Waals surface area contributed by atoms with Gasteiger partial charge >= 0.3 is 5.97 Å². The number of aromatic hydroxyl groups is 1. The molecule has 0 aliphatic rings. The second kappa shape index (κ2) is 6.63. The zero-order valence-corrected chi connectivity index (χ0v) is 13.4. The van der Waals surface area contributed by atoms with E-state index in [-0.39, 0.29) is 11.7 Å². The Bertz CT molecular complexity index is 640. The first-order valence-corrected chi connectivity index (χ1v) is 7.17. The van der Waals surface area contributed by atoms with Gasteiger partial charge in [-0.05, 0) is 42.0 Å². The van der Waals surface area contributed by atoms with Crippen LogP contribution in [0.3, 0.4) is 0 Å². The maximum Gasteiger partial charge on any atom is 0.337 e. The van der Waals surface area contributed by atoms with Gasteiger partial charge in [0.05, 0.1) is 12.7 Å². The van der Waals surface area contributed by atoms with Crippen LogP contribution in [0.1, 0.15) is 15.9 Å². The van der Waals surface area contributed by atoms with Crippen molar-refractivity contribution in [2.45, 2.75) is 6.54 Å². The number of phenols is 1. The van der Waals surface area contributed by atoms with Gasteiger partial charge in [-0.1, -0.05) is 22.0 Å². The van der Waals surface area contributed by atoms with Crippen molar-refractivity contribution in [3.8, 4) is 5.75 Å². The zero-order valence-electron chi connectivity index (χ0n) is 11.8. The van der Waals surface area contributed by atoms with E-state index in [1.54, 1.807) is 24.3 Å². The lowest BCUT2D eigenvalue weighted by Gasteiger charge is -2.20. The van der Waals surface area contributed by atoms with Crippen molar-refractivity contribution in [3.05, 3.63) is 58.1 Å². The number of hydrogen-bond donors (Lipinski definition) is 1. The molecule has 110 valence electrons. The van der Waals surface area contributed by atoms with E-state index in [2.05, 4.69) is 20.8 Å². The Hall–Kier alpha value is -2.01. The number of methoxy groups -OCH3 is 1. The van der Waals surface area contributed by atoms with Crippen LogP contribution in [0, 0.1) is 0 Å². The number of rotatable bonds is 4. The van der Waals surface area contributed by atoms with Crippen molar-refractivity contribution in [1.82, 2.24) is 0 Å². The first kappa shape index (κ1) is 15.4. The number of anilines is 1. The van der Waals surface area contributed by atoms with Gasteiger partial charge < -0.3 is 14.7 Å². The zero-order chi connectivity index (χ0) is 15.4. The minimum atomic E-state index is -0.353. The summed E-state index contributed by atoms with van der Waals surface area (Å²) in [4.78, 5) is 13.5. The van der Waals surface area contributed by atoms with Gasteiger partial charge in [0, 0.05) is 23.8 Å². The Labute approximate surface area is 132 Å². The molecule has 21 heavy (non-hydrogen) atoms. The predicted octanol–water partition coefficient (Wildman–Crippen LogP) is 3.58. The van der Waals surface area contributed by atoms with E-state index in [1.807, 2.05) is 25.2 Å². The molecule has 2 aromatic rings. The molecule has 0 aromatic heterocycles. The van der Waals surface area contributed by atoms with E-state index in [0.717, 1.165) is 15.7 Å². The molecule has 0 saturated heterocycles. The van der Waals surface area contributed by atoms with Crippen LogP contribution in [0.25, 0.3) is 0 Å². The molecule has 4 nitrogen and oxygen atoms in total. The number of ether oxygens (including phenoxy) is 1. The normalized spacial score (nSPS) is 10.2. The van der Waals surface area contributed by atoms with Crippen LogP contribution >= 0.6 is 15.9 Å². The summed E-state index contributed by atoms with van der Waals surface area (Å²) < 4.78 is 5.56. The fraction of sp³-hybridized carbons (Fsp3) is 0.188. The molecule has 0 amide bonds. The monoisotopic (exact) mass is 349 g/mol. The third-order valence-corrected chi connectivity index (χ3v) is 3.91. The van der Waals surface area contributed by atoms with Crippen molar-refractivity contribution in [3.63, 3.8) is 0 Å². The SMILES string of the molecule is COC(=O)c1ccc(CN(C)c2ccc(O)cc2)c(Br)c1. The molecule has 2 aromatic carbocycles. The molecular formula is C16H16BrNO3. The molecule has 0 aliphatic carbocycles. The summed E-state index contributed by atoms with van der Waals surface area (Å²) in [5, 5.41) is 9.31. The van der Waals surface area contributed by atoms with Gasteiger partial charge in [0.15, 0.2) is 0 Å². The maximum absolute atomic E-state index is 11.5. The minimum absolute atomic E-state index is 0.246. The minimum Gasteiger partial charge on any atom is -0.508 e. The lowest BCUT2D eigenvalue weighted by Crippen LogP contribution is -2.16. The Morgan fingerprint density at radius 2 is 1.90 bits per heavy atom. The second-order valence-electron chi connectivity index (χ2n) is 4.67. The summed E-state index contributed by atoms with van der Waals surface area (Å²) in [7, 11) is 3.33. The molecule has 0 heterocycles. The standard InChI is InChI=1S/C16H16BrNO3/c1-18(13-5-7-14(19)8-6-13)10-12-4-3-11(9-15(12)17)16(20)21-2/h3-9,19H,10H2,1-2H3. The lowest BCUT2D eigenvalue weighted by molar-refractivity contribution is 0.0600. The third kappa shape index (κ3) is 3.76. The molecule has 0 atom stereocenters. The number of halogens is 1. The van der Waals surface area contributed by atoms with E-state index < -0.39 is 0 Å².